The van der Waals surface area contributed by atoms with Gasteiger partial charge in [-0.15, -0.1) is 0 Å². The van der Waals surface area contributed by atoms with Crippen molar-refractivity contribution in [2.75, 3.05) is 19.5 Å². The van der Waals surface area contributed by atoms with Crippen molar-refractivity contribution in [2.45, 2.75) is 94.9 Å². The van der Waals surface area contributed by atoms with Crippen molar-refractivity contribution in [2.24, 2.45) is 22.7 Å². The molecule has 0 bridgehead atoms. The number of hydrogen-bond donors (Lipinski definition) is 3. The van der Waals surface area contributed by atoms with Gasteiger partial charge in [0.05, 0.1) is 31.1 Å². The Hall–Kier alpha value is -2.53. The molecule has 11 atom stereocenters. The summed E-state index contributed by atoms with van der Waals surface area (Å²) in [6.07, 6.45) is 0.281. The minimum Gasteiger partial charge on any atom is -0.494 e. The number of ether oxygens (including phenoxy) is 4. The highest BCUT2D eigenvalue weighted by Crippen LogP contribution is 2.72. The van der Waals surface area contributed by atoms with Crippen molar-refractivity contribution in [3.05, 3.63) is 42.0 Å². The summed E-state index contributed by atoms with van der Waals surface area (Å²) < 4.78 is 57.5. The van der Waals surface area contributed by atoms with Gasteiger partial charge in [0.25, 0.3) is 0 Å². The number of ketones is 1. The number of alkyl halides is 2. The van der Waals surface area contributed by atoms with Crippen LogP contribution in [-0.4, -0.2) is 71.8 Å². The lowest BCUT2D eigenvalue weighted by molar-refractivity contribution is -0.234. The van der Waals surface area contributed by atoms with E-state index >= 15 is 8.78 Å². The Morgan fingerprint density at radius 2 is 1.98 bits per heavy atom. The van der Waals surface area contributed by atoms with Crippen molar-refractivity contribution < 1.29 is 42.7 Å². The molecule has 8 nitrogen and oxygen atoms in total. The van der Waals surface area contributed by atoms with Crippen LogP contribution in [0, 0.1) is 22.7 Å². The van der Waals surface area contributed by atoms with Crippen molar-refractivity contribution in [3.63, 3.8) is 0 Å². The van der Waals surface area contributed by atoms with Gasteiger partial charge in [0.2, 0.25) is 5.78 Å². The topological polar surface area (TPSA) is 120 Å². The summed E-state index contributed by atoms with van der Waals surface area (Å²) in [5, 5.41) is 21.9. The van der Waals surface area contributed by atoms with Gasteiger partial charge in [-0.05, 0) is 62.3 Å². The number of nitrogen functional groups attached to an aromatic ring is 1. The number of halogens is 2. The zero-order valence-corrected chi connectivity index (χ0v) is 24.5. The molecule has 1 saturated heterocycles. The summed E-state index contributed by atoms with van der Waals surface area (Å²) in [5.74, 6) is -1.02. The summed E-state index contributed by atoms with van der Waals surface area (Å²) in [4.78, 5) is 14.3. The quantitative estimate of drug-likeness (QED) is 0.319. The Kier molecular flexibility index (Phi) is 7.04. The fourth-order valence-electron chi connectivity index (χ4n) is 9.04. The average Bonchev–Trinajstić information content (AvgIpc) is 3.43. The van der Waals surface area contributed by atoms with Crippen molar-refractivity contribution in [3.8, 4) is 11.5 Å². The summed E-state index contributed by atoms with van der Waals surface area (Å²) in [7, 11) is 1.48. The van der Waals surface area contributed by atoms with Crippen LogP contribution >= 0.6 is 0 Å². The van der Waals surface area contributed by atoms with E-state index in [9.17, 15) is 15.0 Å². The second-order valence-corrected chi connectivity index (χ2v) is 13.0. The Labute approximate surface area is 244 Å². The highest BCUT2D eigenvalue weighted by atomic mass is 19.1. The van der Waals surface area contributed by atoms with Crippen molar-refractivity contribution in [1.29, 1.82) is 0 Å². The fraction of sp³-hybridized carbons (Fsp3) is 0.656. The number of fused-ring (bicyclic) bond motifs is 7. The Morgan fingerprint density at radius 1 is 1.21 bits per heavy atom. The molecule has 5 aliphatic rings. The van der Waals surface area contributed by atoms with Crippen LogP contribution in [0.15, 0.2) is 42.0 Å². The number of hydrogen-bond acceptors (Lipinski definition) is 8. The summed E-state index contributed by atoms with van der Waals surface area (Å²) in [5.41, 5.74) is 0.258. The van der Waals surface area contributed by atoms with Gasteiger partial charge >= 0.3 is 0 Å². The largest absolute Gasteiger partial charge is 0.494 e. The smallest absolute Gasteiger partial charge is 0.205 e. The molecule has 10 heteroatoms. The van der Waals surface area contributed by atoms with Gasteiger partial charge in [0.15, 0.2) is 17.6 Å². The van der Waals surface area contributed by atoms with E-state index in [0.717, 1.165) is 6.42 Å². The minimum absolute atomic E-state index is 0.0823. The lowest BCUT2D eigenvalue weighted by Crippen LogP contribution is -2.71. The number of anilines is 1. The molecule has 4 N–H and O–H groups in total. The van der Waals surface area contributed by atoms with Gasteiger partial charge in [-0.2, -0.15) is 0 Å². The zero-order valence-electron chi connectivity index (χ0n) is 24.5. The highest BCUT2D eigenvalue weighted by molar-refractivity contribution is 5.91. The molecule has 0 radical (unpaired) electrons. The van der Waals surface area contributed by atoms with Gasteiger partial charge in [-0.25, -0.2) is 8.78 Å². The first kappa shape index (κ1) is 29.5. The number of aliphatic hydroxyl groups is 2. The standard InChI is InChI=1S/C32H41F2NO7/c1-5-6-28-41-27-14-19-20-13-22(33)21-11-17(36)9-10-29(21,2)31(20,34)25(37)15-30(19,3)32(27,42-28)26(38)16-40-18-7-8-23(35)24(12-18)39-4/h7-12,17,19-20,22,25,27-28,36-37H,5-6,13-16,35H2,1-4H3/t17?,19-,20-,22-,25-,27+,28?,29-,30-,31-,32+/m0/s1. The third-order valence-corrected chi connectivity index (χ3v) is 11.0. The van der Waals surface area contributed by atoms with E-state index in [1.807, 2.05) is 13.8 Å². The first-order valence-corrected chi connectivity index (χ1v) is 14.9. The number of carbonyl (C=O) groups is 1. The number of aliphatic hydroxyl groups excluding tert-OH is 2. The number of Topliss-reactive ketones (excluding diaryl/α,β-unsaturated/α-hetero) is 1. The third kappa shape index (κ3) is 3.80. The van der Waals surface area contributed by atoms with Crippen LogP contribution in [0.5, 0.6) is 11.5 Å². The number of nitrogens with two attached hydrogens (primary N) is 1. The fourth-order valence-corrected chi connectivity index (χ4v) is 9.04. The van der Waals surface area contributed by atoms with Crippen LogP contribution in [0.2, 0.25) is 0 Å². The lowest BCUT2D eigenvalue weighted by Gasteiger charge is -2.63. The SMILES string of the molecule is CCCC1O[C@@H]2C[C@H]3[C@@H]4C[C@H](F)C5=CC(O)C=C[C@]5(C)[C@@]4(F)[C@@H](O)C[C@]3(C)[C@]2(C(=O)COc2ccc(N)c(OC)c2)O1. The van der Waals surface area contributed by atoms with E-state index < -0.39 is 64.7 Å². The van der Waals surface area contributed by atoms with Gasteiger partial charge in [0, 0.05) is 22.8 Å². The Morgan fingerprint density at radius 3 is 2.69 bits per heavy atom. The van der Waals surface area contributed by atoms with Crippen LogP contribution in [0.1, 0.15) is 52.9 Å². The monoisotopic (exact) mass is 589 g/mol. The molecule has 1 aromatic carbocycles. The van der Waals surface area contributed by atoms with Crippen LogP contribution in [0.25, 0.3) is 0 Å². The maximum absolute atomic E-state index is 17.6. The molecule has 0 amide bonds. The van der Waals surface area contributed by atoms with Crippen molar-refractivity contribution in [1.82, 2.24) is 0 Å². The molecule has 2 unspecified atom stereocenters. The van der Waals surface area contributed by atoms with E-state index in [1.165, 1.54) is 25.3 Å². The maximum Gasteiger partial charge on any atom is 0.205 e. The summed E-state index contributed by atoms with van der Waals surface area (Å²) in [6.45, 7) is 5.08. The maximum atomic E-state index is 17.6. The third-order valence-electron chi connectivity index (χ3n) is 11.0. The first-order valence-electron chi connectivity index (χ1n) is 14.9. The van der Waals surface area contributed by atoms with Gasteiger partial charge in [0.1, 0.15) is 24.3 Å². The van der Waals surface area contributed by atoms with Gasteiger partial charge in [-0.1, -0.05) is 32.4 Å². The second kappa shape index (κ2) is 10.0. The van der Waals surface area contributed by atoms with E-state index in [1.54, 1.807) is 25.1 Å². The second-order valence-electron chi connectivity index (χ2n) is 13.0. The molecule has 6 rings (SSSR count). The summed E-state index contributed by atoms with van der Waals surface area (Å²) >= 11 is 0. The predicted octanol–water partition coefficient (Wildman–Crippen LogP) is 4.23. The Balaban J connectivity index is 1.37. The molecule has 1 heterocycles. The lowest BCUT2D eigenvalue weighted by atomic mass is 9.44. The molecule has 230 valence electrons. The van der Waals surface area contributed by atoms with Gasteiger partial charge in [-0.3, -0.25) is 4.79 Å². The van der Waals surface area contributed by atoms with Crippen LogP contribution in [-0.2, 0) is 14.3 Å². The molecule has 0 spiro atoms. The Bertz CT molecular complexity index is 1320. The van der Waals surface area contributed by atoms with E-state index in [2.05, 4.69) is 0 Å². The molecular weight excluding hydrogens is 548 g/mol. The van der Waals surface area contributed by atoms with Crippen LogP contribution in [0.3, 0.4) is 0 Å². The number of carbonyl (C=O) groups excluding carboxylic acids is 1. The summed E-state index contributed by atoms with van der Waals surface area (Å²) in [6, 6.07) is 4.85. The molecule has 0 aromatic heterocycles. The van der Waals surface area contributed by atoms with Crippen LogP contribution in [0.4, 0.5) is 14.5 Å². The van der Waals surface area contributed by atoms with E-state index in [0.29, 0.717) is 23.6 Å². The number of methoxy groups -OCH3 is 1. The molecule has 1 aliphatic heterocycles. The number of allylic oxidation sites excluding steroid dienone is 2. The first-order chi connectivity index (χ1) is 19.9. The molecule has 3 saturated carbocycles. The van der Waals surface area contributed by atoms with E-state index in [4.69, 9.17) is 24.7 Å². The molecular formula is C32H41F2NO7. The number of rotatable bonds is 7. The highest BCUT2D eigenvalue weighted by Gasteiger charge is 2.80. The van der Waals surface area contributed by atoms with Gasteiger partial charge < -0.3 is 34.9 Å². The van der Waals surface area contributed by atoms with Crippen molar-refractivity contribution >= 4 is 11.5 Å². The number of benzene rings is 1. The van der Waals surface area contributed by atoms with Crippen LogP contribution < -0.4 is 15.2 Å². The molecule has 1 aromatic rings. The van der Waals surface area contributed by atoms with E-state index in [-0.39, 0.29) is 37.2 Å². The minimum atomic E-state index is -2.22. The normalized spacial score (nSPS) is 45.3. The predicted molar refractivity (Wildman–Crippen MR) is 150 cm³/mol. The molecule has 4 aliphatic carbocycles. The zero-order chi connectivity index (χ0) is 30.2. The average molecular weight is 590 g/mol. The molecule has 4 fully saturated rings. The molecule has 42 heavy (non-hydrogen) atoms.